The van der Waals surface area contributed by atoms with Gasteiger partial charge in [0.1, 0.15) is 5.69 Å². The smallest absolute Gasteiger partial charge is 0.303 e. The van der Waals surface area contributed by atoms with Gasteiger partial charge in [0.2, 0.25) is 0 Å². The number of carboxylic acid groups (broad SMARTS) is 1. The van der Waals surface area contributed by atoms with Crippen LogP contribution >= 0.6 is 0 Å². The second-order valence-corrected chi connectivity index (χ2v) is 3.99. The predicted octanol–water partition coefficient (Wildman–Crippen LogP) is 1.43. The zero-order valence-corrected chi connectivity index (χ0v) is 10.1. The summed E-state index contributed by atoms with van der Waals surface area (Å²) in [4.78, 5) is 27.0. The van der Waals surface area contributed by atoms with Gasteiger partial charge in [0.15, 0.2) is 0 Å². The number of para-hydroxylation sites is 2. The summed E-state index contributed by atoms with van der Waals surface area (Å²) in [6, 6.07) is 7.37. The number of benzene rings is 1. The molecule has 0 unspecified atom stereocenters. The zero-order valence-electron chi connectivity index (χ0n) is 10.1. The molecule has 0 saturated carbocycles. The minimum absolute atomic E-state index is 0.0791. The van der Waals surface area contributed by atoms with Gasteiger partial charge in [-0.25, -0.2) is 4.98 Å². The lowest BCUT2D eigenvalue weighted by molar-refractivity contribution is -0.136. The summed E-state index contributed by atoms with van der Waals surface area (Å²) < 4.78 is 1.62. The van der Waals surface area contributed by atoms with Crippen LogP contribution in [0.5, 0.6) is 0 Å². The highest BCUT2D eigenvalue weighted by Crippen LogP contribution is 2.10. The van der Waals surface area contributed by atoms with E-state index in [0.717, 1.165) is 11.0 Å². The Hall–Kier alpha value is -2.17. The first kappa shape index (κ1) is 12.3. The molecule has 0 atom stereocenters. The number of nitrogens with zero attached hydrogens (tertiary/aromatic N) is 2. The summed E-state index contributed by atoms with van der Waals surface area (Å²) in [6.07, 6.45) is 0.0866. The van der Waals surface area contributed by atoms with Crippen molar-refractivity contribution in [1.29, 1.82) is 0 Å². The number of hydrogen-bond acceptors (Lipinski definition) is 3. The maximum absolute atomic E-state index is 12.1. The number of carboxylic acids is 1. The molecule has 1 aromatic heterocycles. The van der Waals surface area contributed by atoms with Crippen LogP contribution < -0.4 is 5.56 Å². The molecule has 2 rings (SSSR count). The summed E-state index contributed by atoms with van der Waals surface area (Å²) in [5.41, 5.74) is 1.62. The Labute approximate surface area is 104 Å². The van der Waals surface area contributed by atoms with Gasteiger partial charge in [-0.15, -0.1) is 0 Å². The van der Waals surface area contributed by atoms with Crippen molar-refractivity contribution in [3.63, 3.8) is 0 Å². The van der Waals surface area contributed by atoms with E-state index < -0.39 is 5.97 Å². The molecule has 2 aromatic rings. The Bertz CT molecular complexity index is 646. The first-order valence-electron chi connectivity index (χ1n) is 5.83. The largest absolute Gasteiger partial charge is 0.481 e. The average molecular weight is 246 g/mol. The summed E-state index contributed by atoms with van der Waals surface area (Å²) in [5, 5.41) is 8.67. The molecule has 0 fully saturated rings. The van der Waals surface area contributed by atoms with Gasteiger partial charge in [-0.05, 0) is 19.1 Å². The molecular formula is C13H14N2O3. The van der Waals surface area contributed by atoms with E-state index in [1.165, 1.54) is 0 Å². The number of aromatic nitrogens is 2. The van der Waals surface area contributed by atoms with Crippen LogP contribution in [0.1, 0.15) is 19.0 Å². The zero-order chi connectivity index (χ0) is 13.1. The van der Waals surface area contributed by atoms with Crippen LogP contribution in [0.2, 0.25) is 0 Å². The van der Waals surface area contributed by atoms with Gasteiger partial charge in [0, 0.05) is 13.0 Å². The summed E-state index contributed by atoms with van der Waals surface area (Å²) >= 11 is 0. The monoisotopic (exact) mass is 246 g/mol. The SMILES string of the molecule is CCn1c(=O)c(CCC(=O)O)nc2ccccc21. The van der Waals surface area contributed by atoms with Crippen molar-refractivity contribution >= 4 is 17.0 Å². The molecule has 1 N–H and O–H groups in total. The van der Waals surface area contributed by atoms with Gasteiger partial charge in [0.25, 0.3) is 5.56 Å². The molecule has 5 heteroatoms. The normalized spacial score (nSPS) is 10.7. The quantitative estimate of drug-likeness (QED) is 0.885. The van der Waals surface area contributed by atoms with Crippen LogP contribution in [0.15, 0.2) is 29.1 Å². The molecule has 94 valence electrons. The van der Waals surface area contributed by atoms with Crippen LogP contribution in [0.4, 0.5) is 0 Å². The van der Waals surface area contributed by atoms with Gasteiger partial charge >= 0.3 is 5.97 Å². The lowest BCUT2D eigenvalue weighted by atomic mass is 10.2. The van der Waals surface area contributed by atoms with Gasteiger partial charge in [-0.2, -0.15) is 0 Å². The van der Waals surface area contributed by atoms with Gasteiger partial charge in [-0.3, -0.25) is 9.59 Å². The number of rotatable bonds is 4. The number of carbonyl (C=O) groups is 1. The summed E-state index contributed by atoms with van der Waals surface area (Å²) in [6.45, 7) is 2.43. The molecule has 1 aromatic carbocycles. The highest BCUT2D eigenvalue weighted by molar-refractivity contribution is 5.74. The standard InChI is InChI=1S/C13H14N2O3/c1-2-15-11-6-4-3-5-9(11)14-10(13(15)18)7-8-12(16)17/h3-6H,2,7-8H2,1H3,(H,16,17). The van der Waals surface area contributed by atoms with Crippen LogP contribution in [0.3, 0.4) is 0 Å². The van der Waals surface area contributed by atoms with E-state index in [1.807, 2.05) is 31.2 Å². The van der Waals surface area contributed by atoms with E-state index in [0.29, 0.717) is 12.2 Å². The van der Waals surface area contributed by atoms with E-state index in [9.17, 15) is 9.59 Å². The molecule has 0 amide bonds. The van der Waals surface area contributed by atoms with E-state index in [2.05, 4.69) is 4.98 Å². The first-order valence-corrected chi connectivity index (χ1v) is 5.83. The molecule has 0 radical (unpaired) electrons. The maximum Gasteiger partial charge on any atom is 0.303 e. The van der Waals surface area contributed by atoms with E-state index in [4.69, 9.17) is 5.11 Å². The minimum Gasteiger partial charge on any atom is -0.481 e. The van der Waals surface area contributed by atoms with Crippen molar-refractivity contribution in [1.82, 2.24) is 9.55 Å². The summed E-state index contributed by atoms with van der Waals surface area (Å²) in [5.74, 6) is -0.924. The third kappa shape index (κ3) is 2.25. The second kappa shape index (κ2) is 5.00. The van der Waals surface area contributed by atoms with Crippen LogP contribution in [0.25, 0.3) is 11.0 Å². The Kier molecular flexibility index (Phi) is 3.41. The lowest BCUT2D eigenvalue weighted by Gasteiger charge is -2.09. The molecule has 0 bridgehead atoms. The van der Waals surface area contributed by atoms with Crippen molar-refractivity contribution in [2.24, 2.45) is 0 Å². The number of aryl methyl sites for hydroxylation is 2. The molecule has 18 heavy (non-hydrogen) atoms. The van der Waals surface area contributed by atoms with Crippen molar-refractivity contribution in [3.05, 3.63) is 40.3 Å². The van der Waals surface area contributed by atoms with Crippen molar-refractivity contribution in [3.8, 4) is 0 Å². The topological polar surface area (TPSA) is 72.2 Å². The maximum atomic E-state index is 12.1. The fourth-order valence-corrected chi connectivity index (χ4v) is 1.95. The molecule has 0 spiro atoms. The van der Waals surface area contributed by atoms with Crippen molar-refractivity contribution in [2.45, 2.75) is 26.3 Å². The summed E-state index contributed by atoms with van der Waals surface area (Å²) in [7, 11) is 0. The first-order chi connectivity index (χ1) is 8.63. The Balaban J connectivity index is 2.58. The molecule has 0 saturated heterocycles. The molecule has 0 aliphatic carbocycles. The van der Waals surface area contributed by atoms with Gasteiger partial charge in [0.05, 0.1) is 17.5 Å². The Morgan fingerprint density at radius 2 is 2.11 bits per heavy atom. The average Bonchev–Trinajstić information content (AvgIpc) is 2.36. The van der Waals surface area contributed by atoms with E-state index in [1.54, 1.807) is 4.57 Å². The fourth-order valence-electron chi connectivity index (χ4n) is 1.95. The number of aliphatic carboxylic acids is 1. The van der Waals surface area contributed by atoms with Crippen molar-refractivity contribution < 1.29 is 9.90 Å². The minimum atomic E-state index is -0.924. The van der Waals surface area contributed by atoms with Crippen LogP contribution in [-0.2, 0) is 17.8 Å². The number of hydrogen-bond donors (Lipinski definition) is 1. The highest BCUT2D eigenvalue weighted by atomic mass is 16.4. The Morgan fingerprint density at radius 3 is 2.78 bits per heavy atom. The van der Waals surface area contributed by atoms with Crippen LogP contribution in [0, 0.1) is 0 Å². The molecule has 0 aliphatic rings. The lowest BCUT2D eigenvalue weighted by Crippen LogP contribution is -2.25. The number of fused-ring (bicyclic) bond motifs is 1. The third-order valence-corrected chi connectivity index (χ3v) is 2.81. The fraction of sp³-hybridized carbons (Fsp3) is 0.308. The van der Waals surface area contributed by atoms with Gasteiger partial charge < -0.3 is 9.67 Å². The van der Waals surface area contributed by atoms with Crippen LogP contribution in [-0.4, -0.2) is 20.6 Å². The third-order valence-electron chi connectivity index (χ3n) is 2.81. The van der Waals surface area contributed by atoms with E-state index >= 15 is 0 Å². The van der Waals surface area contributed by atoms with Gasteiger partial charge in [-0.1, -0.05) is 12.1 Å². The Morgan fingerprint density at radius 1 is 1.39 bits per heavy atom. The molecule has 5 nitrogen and oxygen atoms in total. The molecular weight excluding hydrogens is 232 g/mol. The molecule has 0 aliphatic heterocycles. The molecule has 1 heterocycles. The second-order valence-electron chi connectivity index (χ2n) is 3.99. The highest BCUT2D eigenvalue weighted by Gasteiger charge is 2.10. The van der Waals surface area contributed by atoms with Crippen molar-refractivity contribution in [2.75, 3.05) is 0 Å². The van der Waals surface area contributed by atoms with E-state index in [-0.39, 0.29) is 18.4 Å². The predicted molar refractivity (Wildman–Crippen MR) is 67.6 cm³/mol.